The molecule has 0 heterocycles. The van der Waals surface area contributed by atoms with Gasteiger partial charge >= 0.3 is 0 Å². The van der Waals surface area contributed by atoms with Crippen molar-refractivity contribution in [2.24, 2.45) is 5.10 Å². The van der Waals surface area contributed by atoms with E-state index in [0.717, 1.165) is 26.9 Å². The van der Waals surface area contributed by atoms with Crippen LogP contribution in [-0.4, -0.2) is 24.5 Å². The number of halogens is 2. The molecule has 0 unspecified atom stereocenters. The third kappa shape index (κ3) is 8.76. The van der Waals surface area contributed by atoms with Gasteiger partial charge in [0.1, 0.15) is 6.61 Å². The Labute approximate surface area is 211 Å². The van der Waals surface area contributed by atoms with E-state index in [1.807, 2.05) is 73.7 Å². The van der Waals surface area contributed by atoms with E-state index in [-0.39, 0.29) is 5.91 Å². The fourth-order valence-electron chi connectivity index (χ4n) is 2.88. The first-order chi connectivity index (χ1) is 16.0. The standard InChI is InChI=1S/C25H24BrClN2O3S/c1-2-31-24-13-18(9-10-23(24)32-15-19-5-4-8-22(27)12-19)14-28-29-25(30)17-33-16-20-6-3-7-21(26)11-20/h3-14H,2,15-17H2,1H3,(H,29,30). The average molecular weight is 548 g/mol. The molecule has 0 saturated carbocycles. The lowest BCUT2D eigenvalue weighted by Crippen LogP contribution is -2.19. The molecule has 0 aliphatic rings. The monoisotopic (exact) mass is 546 g/mol. The minimum atomic E-state index is -0.155. The highest BCUT2D eigenvalue weighted by atomic mass is 79.9. The van der Waals surface area contributed by atoms with Crippen molar-refractivity contribution in [2.45, 2.75) is 19.3 Å². The van der Waals surface area contributed by atoms with E-state index in [4.69, 9.17) is 21.1 Å². The van der Waals surface area contributed by atoms with Gasteiger partial charge in [0.2, 0.25) is 5.91 Å². The number of thioether (sulfide) groups is 1. The van der Waals surface area contributed by atoms with Gasteiger partial charge in [-0.25, -0.2) is 5.43 Å². The molecule has 0 bridgehead atoms. The Balaban J connectivity index is 1.50. The third-order valence-corrected chi connectivity index (χ3v) is 6.08. The molecule has 1 amide bonds. The third-order valence-electron chi connectivity index (χ3n) is 4.34. The summed E-state index contributed by atoms with van der Waals surface area (Å²) in [5.41, 5.74) is 5.48. The Hall–Kier alpha value is -2.48. The number of carbonyl (C=O) groups is 1. The van der Waals surface area contributed by atoms with Crippen molar-refractivity contribution in [1.82, 2.24) is 5.43 Å². The van der Waals surface area contributed by atoms with E-state index in [9.17, 15) is 4.79 Å². The van der Waals surface area contributed by atoms with Crippen molar-refractivity contribution in [3.63, 3.8) is 0 Å². The number of hydrazone groups is 1. The fourth-order valence-corrected chi connectivity index (χ4v) is 4.31. The van der Waals surface area contributed by atoms with E-state index in [0.29, 0.717) is 35.5 Å². The highest BCUT2D eigenvalue weighted by Crippen LogP contribution is 2.29. The molecular weight excluding hydrogens is 524 g/mol. The smallest absolute Gasteiger partial charge is 0.250 e. The number of nitrogens with one attached hydrogen (secondary N) is 1. The minimum absolute atomic E-state index is 0.155. The zero-order valence-electron chi connectivity index (χ0n) is 18.1. The second-order valence-corrected chi connectivity index (χ2v) is 9.31. The molecule has 0 radical (unpaired) electrons. The highest BCUT2D eigenvalue weighted by Gasteiger charge is 2.07. The molecule has 0 aromatic heterocycles. The first-order valence-corrected chi connectivity index (χ1v) is 12.6. The van der Waals surface area contributed by atoms with Crippen LogP contribution in [0.25, 0.3) is 0 Å². The molecule has 0 fully saturated rings. The van der Waals surface area contributed by atoms with Crippen LogP contribution in [0.1, 0.15) is 23.6 Å². The van der Waals surface area contributed by atoms with Crippen LogP contribution in [0.2, 0.25) is 5.02 Å². The van der Waals surface area contributed by atoms with Gasteiger partial charge in [-0.1, -0.05) is 51.8 Å². The zero-order valence-corrected chi connectivity index (χ0v) is 21.3. The summed E-state index contributed by atoms with van der Waals surface area (Å²) >= 11 is 11.0. The lowest BCUT2D eigenvalue weighted by molar-refractivity contribution is -0.118. The molecular formula is C25H24BrClN2O3S. The summed E-state index contributed by atoms with van der Waals surface area (Å²) in [7, 11) is 0. The summed E-state index contributed by atoms with van der Waals surface area (Å²) in [6.07, 6.45) is 1.58. The van der Waals surface area contributed by atoms with E-state index >= 15 is 0 Å². The van der Waals surface area contributed by atoms with Crippen LogP contribution in [0.15, 0.2) is 76.3 Å². The number of carbonyl (C=O) groups excluding carboxylic acids is 1. The molecule has 0 aliphatic carbocycles. The van der Waals surface area contributed by atoms with Crippen molar-refractivity contribution in [2.75, 3.05) is 12.4 Å². The van der Waals surface area contributed by atoms with E-state index < -0.39 is 0 Å². The Morgan fingerprint density at radius 3 is 2.67 bits per heavy atom. The summed E-state index contributed by atoms with van der Waals surface area (Å²) in [5, 5.41) is 4.73. The number of nitrogens with zero attached hydrogens (tertiary/aromatic N) is 1. The number of hydrogen-bond acceptors (Lipinski definition) is 5. The van der Waals surface area contributed by atoms with Crippen molar-refractivity contribution in [1.29, 1.82) is 0 Å². The van der Waals surface area contributed by atoms with Gasteiger partial charge < -0.3 is 9.47 Å². The second-order valence-electron chi connectivity index (χ2n) is 6.97. The Morgan fingerprint density at radius 1 is 1.06 bits per heavy atom. The number of rotatable bonds is 11. The summed E-state index contributed by atoms with van der Waals surface area (Å²) in [6.45, 7) is 2.79. The van der Waals surface area contributed by atoms with Gasteiger partial charge in [-0.05, 0) is 66.1 Å². The van der Waals surface area contributed by atoms with E-state index in [1.165, 1.54) is 11.8 Å². The van der Waals surface area contributed by atoms with E-state index in [2.05, 4.69) is 26.5 Å². The van der Waals surface area contributed by atoms with Gasteiger partial charge in [-0.2, -0.15) is 5.10 Å². The second kappa shape index (κ2) is 13.3. The summed E-state index contributed by atoms with van der Waals surface area (Å²) < 4.78 is 12.7. The SMILES string of the molecule is CCOc1cc(C=NNC(=O)CSCc2cccc(Br)c2)ccc1OCc1cccc(Cl)c1. The summed E-state index contributed by atoms with van der Waals surface area (Å²) in [5.74, 6) is 2.16. The van der Waals surface area contributed by atoms with Crippen LogP contribution < -0.4 is 14.9 Å². The lowest BCUT2D eigenvalue weighted by Gasteiger charge is -2.12. The van der Waals surface area contributed by atoms with Crippen LogP contribution >= 0.6 is 39.3 Å². The van der Waals surface area contributed by atoms with Gasteiger partial charge in [0.05, 0.1) is 18.6 Å². The predicted molar refractivity (Wildman–Crippen MR) is 139 cm³/mol. The van der Waals surface area contributed by atoms with Crippen LogP contribution in [-0.2, 0) is 17.2 Å². The molecule has 0 atom stereocenters. The Bertz CT molecular complexity index is 1110. The van der Waals surface area contributed by atoms with Crippen LogP contribution in [0, 0.1) is 0 Å². The van der Waals surface area contributed by atoms with Crippen LogP contribution in [0.4, 0.5) is 0 Å². The van der Waals surface area contributed by atoms with Crippen molar-refractivity contribution < 1.29 is 14.3 Å². The molecule has 0 spiro atoms. The van der Waals surface area contributed by atoms with Crippen LogP contribution in [0.5, 0.6) is 11.5 Å². The fraction of sp³-hybridized carbons (Fsp3) is 0.200. The predicted octanol–water partition coefficient (Wildman–Crippen LogP) is 6.46. The maximum Gasteiger partial charge on any atom is 0.250 e. The van der Waals surface area contributed by atoms with Crippen LogP contribution in [0.3, 0.4) is 0 Å². The van der Waals surface area contributed by atoms with Gasteiger partial charge in [0.25, 0.3) is 0 Å². The molecule has 172 valence electrons. The normalized spacial score (nSPS) is 10.9. The first kappa shape index (κ1) is 25.1. The largest absolute Gasteiger partial charge is 0.490 e. The van der Waals surface area contributed by atoms with Crippen molar-refractivity contribution in [3.8, 4) is 11.5 Å². The van der Waals surface area contributed by atoms with Gasteiger partial charge in [0.15, 0.2) is 11.5 Å². The zero-order chi connectivity index (χ0) is 23.5. The Kier molecular flexibility index (Phi) is 10.1. The maximum atomic E-state index is 12.0. The molecule has 5 nitrogen and oxygen atoms in total. The topological polar surface area (TPSA) is 59.9 Å². The van der Waals surface area contributed by atoms with Gasteiger partial charge in [0, 0.05) is 15.2 Å². The molecule has 0 saturated heterocycles. The summed E-state index contributed by atoms with van der Waals surface area (Å²) in [6, 6.07) is 21.1. The Morgan fingerprint density at radius 2 is 1.88 bits per heavy atom. The molecule has 8 heteroatoms. The molecule has 3 rings (SSSR count). The van der Waals surface area contributed by atoms with Gasteiger partial charge in [-0.15, -0.1) is 11.8 Å². The summed E-state index contributed by atoms with van der Waals surface area (Å²) in [4.78, 5) is 12.0. The molecule has 0 aliphatic heterocycles. The molecule has 3 aromatic carbocycles. The van der Waals surface area contributed by atoms with E-state index in [1.54, 1.807) is 6.21 Å². The maximum absolute atomic E-state index is 12.0. The number of benzene rings is 3. The van der Waals surface area contributed by atoms with Crippen molar-refractivity contribution in [3.05, 3.63) is 92.9 Å². The van der Waals surface area contributed by atoms with Crippen molar-refractivity contribution >= 4 is 51.4 Å². The van der Waals surface area contributed by atoms with Gasteiger partial charge in [-0.3, -0.25) is 4.79 Å². The number of hydrogen-bond donors (Lipinski definition) is 1. The molecule has 3 aromatic rings. The quantitative estimate of drug-likeness (QED) is 0.221. The lowest BCUT2D eigenvalue weighted by atomic mass is 10.2. The minimum Gasteiger partial charge on any atom is -0.490 e. The molecule has 1 N–H and O–H groups in total. The highest BCUT2D eigenvalue weighted by molar-refractivity contribution is 9.10. The number of ether oxygens (including phenoxy) is 2. The molecule has 33 heavy (non-hydrogen) atoms. The first-order valence-electron chi connectivity index (χ1n) is 10.3. The number of amides is 1. The average Bonchev–Trinajstić information content (AvgIpc) is 2.79.